The number of fused-ring (bicyclic) bond motifs is 3. The second-order valence-electron chi connectivity index (χ2n) is 6.28. The SMILES string of the molecule is FC(F)(F)c1c[c-]c(-n2cccn2)cc1.[Ir].c1ccc2c(c1)C[n+]1ccccc1-2. The molecular formula is C22H16F3IrN3. The molecule has 1 aliphatic heterocycles. The number of halogens is 3. The second kappa shape index (κ2) is 8.72. The number of alkyl halides is 3. The summed E-state index contributed by atoms with van der Waals surface area (Å²) in [5.41, 5.74) is 3.90. The van der Waals surface area contributed by atoms with Crippen LogP contribution in [0.3, 0.4) is 0 Å². The van der Waals surface area contributed by atoms with Crippen molar-refractivity contribution < 1.29 is 37.8 Å². The summed E-state index contributed by atoms with van der Waals surface area (Å²) in [5.74, 6) is 0. The summed E-state index contributed by atoms with van der Waals surface area (Å²) in [7, 11) is 0. The maximum absolute atomic E-state index is 12.2. The summed E-state index contributed by atoms with van der Waals surface area (Å²) in [6.45, 7) is 1.02. The minimum absolute atomic E-state index is 0. The molecular weight excluding hydrogens is 555 g/mol. The van der Waals surface area contributed by atoms with Gasteiger partial charge < -0.3 is 0 Å². The molecule has 3 nitrogen and oxygen atoms in total. The van der Waals surface area contributed by atoms with Gasteiger partial charge in [0.2, 0.25) is 5.69 Å². The minimum Gasteiger partial charge on any atom is -0.266 e. The summed E-state index contributed by atoms with van der Waals surface area (Å²) in [5, 5.41) is 3.88. The summed E-state index contributed by atoms with van der Waals surface area (Å²) in [6.07, 6.45) is 0.999. The fourth-order valence-electron chi connectivity index (χ4n) is 3.10. The third-order valence-corrected chi connectivity index (χ3v) is 4.45. The Hall–Kier alpha value is -2.76. The fraction of sp³-hybridized carbons (Fsp3) is 0.0909. The van der Waals surface area contributed by atoms with Crippen LogP contribution < -0.4 is 4.57 Å². The van der Waals surface area contributed by atoms with E-state index in [1.165, 1.54) is 27.6 Å². The summed E-state index contributed by atoms with van der Waals surface area (Å²) < 4.78 is 40.4. The van der Waals surface area contributed by atoms with Gasteiger partial charge in [0.05, 0.1) is 5.56 Å². The predicted octanol–water partition coefficient (Wildman–Crippen LogP) is 4.69. The number of pyridine rings is 1. The molecule has 149 valence electrons. The van der Waals surface area contributed by atoms with Crippen molar-refractivity contribution in [2.24, 2.45) is 0 Å². The first-order chi connectivity index (χ1) is 13.5. The molecule has 5 rings (SSSR count). The normalized spacial score (nSPS) is 11.6. The Morgan fingerprint density at radius 1 is 0.966 bits per heavy atom. The third kappa shape index (κ3) is 4.63. The van der Waals surface area contributed by atoms with Gasteiger partial charge in [0, 0.05) is 50.2 Å². The number of benzene rings is 2. The molecule has 0 saturated carbocycles. The molecule has 2 aromatic carbocycles. The molecule has 0 unspecified atom stereocenters. The van der Waals surface area contributed by atoms with E-state index in [-0.39, 0.29) is 20.1 Å². The molecule has 0 aliphatic carbocycles. The quantitative estimate of drug-likeness (QED) is 0.211. The van der Waals surface area contributed by atoms with Crippen LogP contribution in [0.4, 0.5) is 13.2 Å². The van der Waals surface area contributed by atoms with E-state index in [9.17, 15) is 13.2 Å². The van der Waals surface area contributed by atoms with Gasteiger partial charge >= 0.3 is 6.18 Å². The van der Waals surface area contributed by atoms with Crippen LogP contribution in [0.5, 0.6) is 0 Å². The van der Waals surface area contributed by atoms with Crippen LogP contribution in [0, 0.1) is 6.07 Å². The van der Waals surface area contributed by atoms with Crippen LogP contribution >= 0.6 is 0 Å². The number of hydrogen-bond acceptors (Lipinski definition) is 1. The van der Waals surface area contributed by atoms with Gasteiger partial charge in [-0.2, -0.15) is 41.0 Å². The van der Waals surface area contributed by atoms with E-state index in [0.717, 1.165) is 18.7 Å². The number of hydrogen-bond donors (Lipinski definition) is 0. The van der Waals surface area contributed by atoms with E-state index >= 15 is 0 Å². The fourth-order valence-corrected chi connectivity index (χ4v) is 3.10. The maximum Gasteiger partial charge on any atom is 0.370 e. The van der Waals surface area contributed by atoms with Crippen molar-refractivity contribution in [1.29, 1.82) is 0 Å². The average Bonchev–Trinajstić information content (AvgIpc) is 3.36. The Kier molecular flexibility index (Phi) is 6.30. The van der Waals surface area contributed by atoms with Gasteiger partial charge in [0.15, 0.2) is 12.7 Å². The van der Waals surface area contributed by atoms with Crippen LogP contribution in [-0.4, -0.2) is 9.78 Å². The molecule has 3 heterocycles. The first-order valence-corrected chi connectivity index (χ1v) is 8.68. The topological polar surface area (TPSA) is 21.7 Å². The molecule has 0 bridgehead atoms. The Balaban J connectivity index is 0.000000161. The van der Waals surface area contributed by atoms with Crippen LogP contribution in [0.2, 0.25) is 0 Å². The smallest absolute Gasteiger partial charge is 0.266 e. The van der Waals surface area contributed by atoms with Crippen LogP contribution in [0.1, 0.15) is 11.1 Å². The van der Waals surface area contributed by atoms with Crippen molar-refractivity contribution in [3.8, 4) is 16.9 Å². The molecule has 4 aromatic rings. The molecule has 0 fully saturated rings. The molecule has 2 aromatic heterocycles. The molecule has 29 heavy (non-hydrogen) atoms. The molecule has 0 saturated heterocycles. The zero-order valence-corrected chi connectivity index (χ0v) is 17.5. The zero-order chi connectivity index (χ0) is 19.6. The van der Waals surface area contributed by atoms with E-state index in [0.29, 0.717) is 5.69 Å². The molecule has 7 heteroatoms. The number of nitrogens with zero attached hydrogens (tertiary/aromatic N) is 3. The number of aromatic nitrogens is 3. The first kappa shape index (κ1) is 21.0. The Morgan fingerprint density at radius 3 is 2.45 bits per heavy atom. The summed E-state index contributed by atoms with van der Waals surface area (Å²) in [6, 6.07) is 22.4. The molecule has 1 aliphatic rings. The van der Waals surface area contributed by atoms with E-state index in [4.69, 9.17) is 0 Å². The van der Waals surface area contributed by atoms with Gasteiger partial charge in [0.1, 0.15) is 0 Å². The van der Waals surface area contributed by atoms with Crippen molar-refractivity contribution in [2.75, 3.05) is 0 Å². The van der Waals surface area contributed by atoms with Gasteiger partial charge in [0.25, 0.3) is 0 Å². The van der Waals surface area contributed by atoms with E-state index < -0.39 is 11.7 Å². The van der Waals surface area contributed by atoms with Crippen molar-refractivity contribution in [1.82, 2.24) is 9.78 Å². The predicted molar refractivity (Wildman–Crippen MR) is 98.6 cm³/mol. The monoisotopic (exact) mass is 572 g/mol. The third-order valence-electron chi connectivity index (χ3n) is 4.45. The number of rotatable bonds is 1. The van der Waals surface area contributed by atoms with Crippen LogP contribution in [0.15, 0.2) is 85.3 Å². The average molecular weight is 572 g/mol. The molecule has 0 N–H and O–H groups in total. The van der Waals surface area contributed by atoms with Gasteiger partial charge in [-0.15, -0.1) is 6.07 Å². The zero-order valence-electron chi connectivity index (χ0n) is 15.1. The van der Waals surface area contributed by atoms with Crippen molar-refractivity contribution in [2.45, 2.75) is 12.7 Å². The van der Waals surface area contributed by atoms with Gasteiger partial charge in [-0.3, -0.25) is 4.68 Å². The second-order valence-corrected chi connectivity index (χ2v) is 6.28. The standard InChI is InChI=1S/C12H10N.C10H6F3N2.Ir/c1-2-6-11-10(5-1)9-13-8-4-3-7-12(11)13;11-10(12,13)8-2-4-9(5-3-8)15-7-1-6-14-15;/h1-8H,9H2;1-4,6-7H;/q+1;-1;. The minimum atomic E-state index is -4.32. The first-order valence-electron chi connectivity index (χ1n) is 8.68. The van der Waals surface area contributed by atoms with Crippen molar-refractivity contribution >= 4 is 0 Å². The van der Waals surface area contributed by atoms with E-state index in [1.807, 2.05) is 0 Å². The van der Waals surface area contributed by atoms with Crippen LogP contribution in [-0.2, 0) is 32.8 Å². The molecule has 0 atom stereocenters. The maximum atomic E-state index is 12.2. The van der Waals surface area contributed by atoms with Gasteiger partial charge in [-0.05, 0) is 23.9 Å². The van der Waals surface area contributed by atoms with Gasteiger partial charge in [-0.1, -0.05) is 23.8 Å². The van der Waals surface area contributed by atoms with Crippen molar-refractivity contribution in [3.05, 3.63) is 103 Å². The van der Waals surface area contributed by atoms with Gasteiger partial charge in [-0.25, -0.2) is 0 Å². The Labute approximate surface area is 179 Å². The molecule has 1 radical (unpaired) electrons. The largest absolute Gasteiger partial charge is 0.370 e. The van der Waals surface area contributed by atoms with Crippen LogP contribution in [0.25, 0.3) is 16.9 Å². The summed E-state index contributed by atoms with van der Waals surface area (Å²) >= 11 is 0. The summed E-state index contributed by atoms with van der Waals surface area (Å²) in [4.78, 5) is 0. The molecule has 0 amide bonds. The van der Waals surface area contributed by atoms with E-state index in [2.05, 4.69) is 64.4 Å². The molecule has 0 spiro atoms. The Bertz CT molecular complexity index is 1030. The van der Waals surface area contributed by atoms with E-state index in [1.54, 1.807) is 18.5 Å². The van der Waals surface area contributed by atoms with Crippen molar-refractivity contribution in [3.63, 3.8) is 0 Å². The Morgan fingerprint density at radius 2 is 1.76 bits per heavy atom.